The highest BCUT2D eigenvalue weighted by Crippen LogP contribution is 2.38. The molecule has 0 aromatic carbocycles. The summed E-state index contributed by atoms with van der Waals surface area (Å²) in [6.07, 6.45) is 6.97. The van der Waals surface area contributed by atoms with E-state index in [9.17, 15) is 0 Å². The molecule has 0 atom stereocenters. The van der Waals surface area contributed by atoms with Crippen LogP contribution < -0.4 is 0 Å². The van der Waals surface area contributed by atoms with Crippen LogP contribution in [-0.2, 0) is 19.6 Å². The predicted molar refractivity (Wildman–Crippen MR) is 92.7 cm³/mol. The minimum Gasteiger partial charge on any atom is -0.228 e. The zero-order valence-electron chi connectivity index (χ0n) is 16.6. The Bertz CT molecular complexity index is 349. The van der Waals surface area contributed by atoms with Crippen LogP contribution in [0.3, 0.4) is 0 Å². The fourth-order valence-corrected chi connectivity index (χ4v) is 2.97. The Hall–Kier alpha value is -0.160. The van der Waals surface area contributed by atoms with Gasteiger partial charge in [-0.3, -0.25) is 0 Å². The van der Waals surface area contributed by atoms with Crippen molar-refractivity contribution in [3.05, 3.63) is 0 Å². The lowest BCUT2D eigenvalue weighted by molar-refractivity contribution is -0.547. The molecular weight excluding hydrogens is 292 g/mol. The second kappa shape index (κ2) is 7.81. The zero-order chi connectivity index (χ0) is 17.8. The fourth-order valence-electron chi connectivity index (χ4n) is 2.97. The molecule has 1 rings (SSSR count). The van der Waals surface area contributed by atoms with Crippen LogP contribution in [0.2, 0.25) is 0 Å². The van der Waals surface area contributed by atoms with Crippen molar-refractivity contribution in [3.8, 4) is 0 Å². The van der Waals surface area contributed by atoms with Gasteiger partial charge in [-0.05, 0) is 59.3 Å². The average molecular weight is 331 g/mol. The van der Waals surface area contributed by atoms with Crippen LogP contribution >= 0.6 is 0 Å². The number of rotatable bonds is 8. The Morgan fingerprint density at radius 3 is 1.78 bits per heavy atom. The van der Waals surface area contributed by atoms with Gasteiger partial charge in [0.05, 0.1) is 11.2 Å². The van der Waals surface area contributed by atoms with Crippen LogP contribution in [0.1, 0.15) is 100 Å². The van der Waals surface area contributed by atoms with Crippen LogP contribution in [0.15, 0.2) is 0 Å². The molecule has 0 bridgehead atoms. The molecule has 0 N–H and O–H groups in total. The zero-order valence-corrected chi connectivity index (χ0v) is 16.6. The molecule has 0 spiro atoms. The summed E-state index contributed by atoms with van der Waals surface area (Å²) < 4.78 is 0. The maximum Gasteiger partial charge on any atom is 0.234 e. The molecule has 0 unspecified atom stereocenters. The van der Waals surface area contributed by atoms with Crippen molar-refractivity contribution < 1.29 is 19.6 Å². The van der Waals surface area contributed by atoms with Crippen molar-refractivity contribution >= 4 is 0 Å². The van der Waals surface area contributed by atoms with E-state index in [1.807, 2.05) is 20.8 Å². The molecule has 0 amide bonds. The second-order valence-corrected chi connectivity index (χ2v) is 9.37. The van der Waals surface area contributed by atoms with Gasteiger partial charge in [-0.15, -0.1) is 0 Å². The Balaban J connectivity index is 2.66. The van der Waals surface area contributed by atoms with Crippen molar-refractivity contribution in [3.63, 3.8) is 0 Å². The van der Waals surface area contributed by atoms with Gasteiger partial charge in [-0.25, -0.2) is 9.78 Å². The highest BCUT2D eigenvalue weighted by atomic mass is 17.3. The third-order valence-corrected chi connectivity index (χ3v) is 4.34. The van der Waals surface area contributed by atoms with E-state index in [1.165, 1.54) is 6.42 Å². The first kappa shape index (κ1) is 20.9. The summed E-state index contributed by atoms with van der Waals surface area (Å²) >= 11 is 0. The lowest BCUT2D eigenvalue weighted by atomic mass is 9.80. The Labute approximate surface area is 143 Å². The van der Waals surface area contributed by atoms with Gasteiger partial charge < -0.3 is 0 Å². The molecule has 4 nitrogen and oxygen atoms in total. The summed E-state index contributed by atoms with van der Waals surface area (Å²) in [4.78, 5) is 23.0. The van der Waals surface area contributed by atoms with Gasteiger partial charge in [0.2, 0.25) is 5.79 Å². The van der Waals surface area contributed by atoms with Gasteiger partial charge in [0.15, 0.2) is 0 Å². The highest BCUT2D eigenvalue weighted by molar-refractivity contribution is 4.79. The van der Waals surface area contributed by atoms with E-state index in [0.29, 0.717) is 0 Å². The number of hydrogen-bond donors (Lipinski definition) is 0. The first-order valence-electron chi connectivity index (χ1n) is 9.12. The standard InChI is InChI=1S/C19H38O4/c1-9-17(5,6)15-18(7,8)21-23-19(13-11-10-12-14-19)22-20-16(2,3)4/h9-15H2,1-8H3. The molecule has 0 heterocycles. The van der Waals surface area contributed by atoms with E-state index in [-0.39, 0.29) is 16.6 Å². The molecule has 0 radical (unpaired) electrons. The Kier molecular flexibility index (Phi) is 7.10. The van der Waals surface area contributed by atoms with Crippen LogP contribution in [0.25, 0.3) is 0 Å². The first-order chi connectivity index (χ1) is 10.4. The molecule has 0 aromatic rings. The summed E-state index contributed by atoms with van der Waals surface area (Å²) in [6.45, 7) is 16.8. The monoisotopic (exact) mass is 330 g/mol. The largest absolute Gasteiger partial charge is 0.234 e. The van der Waals surface area contributed by atoms with Crippen molar-refractivity contribution in [2.75, 3.05) is 0 Å². The summed E-state index contributed by atoms with van der Waals surface area (Å²) in [6, 6.07) is 0. The van der Waals surface area contributed by atoms with Crippen molar-refractivity contribution in [2.45, 2.75) is 117 Å². The highest BCUT2D eigenvalue weighted by Gasteiger charge is 2.41. The molecule has 0 saturated heterocycles. The van der Waals surface area contributed by atoms with Crippen molar-refractivity contribution in [2.24, 2.45) is 5.41 Å². The van der Waals surface area contributed by atoms with Crippen LogP contribution in [0, 0.1) is 5.41 Å². The lowest BCUT2D eigenvalue weighted by Crippen LogP contribution is -2.43. The molecule has 23 heavy (non-hydrogen) atoms. The minimum absolute atomic E-state index is 0.218. The first-order valence-corrected chi connectivity index (χ1v) is 9.12. The van der Waals surface area contributed by atoms with Crippen molar-refractivity contribution in [1.82, 2.24) is 0 Å². The molecule has 1 aliphatic carbocycles. The van der Waals surface area contributed by atoms with Gasteiger partial charge in [0, 0.05) is 12.8 Å². The van der Waals surface area contributed by atoms with Gasteiger partial charge in [-0.2, -0.15) is 9.78 Å². The van der Waals surface area contributed by atoms with Crippen LogP contribution in [-0.4, -0.2) is 17.0 Å². The molecule has 1 aliphatic rings. The molecule has 4 heteroatoms. The lowest BCUT2D eigenvalue weighted by Gasteiger charge is -2.39. The second-order valence-electron chi connectivity index (χ2n) is 9.37. The quantitative estimate of drug-likeness (QED) is 0.313. The third kappa shape index (κ3) is 7.97. The average Bonchev–Trinajstić information content (AvgIpc) is 2.43. The van der Waals surface area contributed by atoms with Gasteiger partial charge in [0.1, 0.15) is 0 Å². The summed E-state index contributed by atoms with van der Waals surface area (Å²) in [5, 5.41) is 0. The minimum atomic E-state index is -0.779. The Morgan fingerprint density at radius 2 is 1.30 bits per heavy atom. The maximum atomic E-state index is 5.87. The van der Waals surface area contributed by atoms with E-state index >= 15 is 0 Å². The van der Waals surface area contributed by atoms with Crippen LogP contribution in [0.5, 0.6) is 0 Å². The normalized spacial score (nSPS) is 19.8. The summed E-state index contributed by atoms with van der Waals surface area (Å²) in [5.41, 5.74) is -0.516. The topological polar surface area (TPSA) is 36.9 Å². The van der Waals surface area contributed by atoms with Crippen molar-refractivity contribution in [1.29, 1.82) is 0 Å². The van der Waals surface area contributed by atoms with E-state index in [1.54, 1.807) is 0 Å². The summed E-state index contributed by atoms with van der Waals surface area (Å²) in [5.74, 6) is -0.779. The Morgan fingerprint density at radius 1 is 0.783 bits per heavy atom. The molecule has 138 valence electrons. The predicted octanol–water partition coefficient (Wildman–Crippen LogP) is 5.95. The van der Waals surface area contributed by atoms with Gasteiger partial charge in [0.25, 0.3) is 0 Å². The van der Waals surface area contributed by atoms with E-state index in [4.69, 9.17) is 19.6 Å². The molecular formula is C19H38O4. The molecule has 1 saturated carbocycles. The van der Waals surface area contributed by atoms with Gasteiger partial charge in [-0.1, -0.05) is 33.6 Å². The van der Waals surface area contributed by atoms with Gasteiger partial charge >= 0.3 is 0 Å². The number of hydrogen-bond acceptors (Lipinski definition) is 4. The SMILES string of the molecule is CCC(C)(C)CC(C)(C)OOC1(OOC(C)(C)C)CCCCC1. The molecule has 1 fully saturated rings. The third-order valence-electron chi connectivity index (χ3n) is 4.34. The molecule has 0 aromatic heterocycles. The van der Waals surface area contributed by atoms with E-state index in [2.05, 4.69) is 34.6 Å². The smallest absolute Gasteiger partial charge is 0.228 e. The van der Waals surface area contributed by atoms with E-state index in [0.717, 1.165) is 38.5 Å². The molecule has 0 aliphatic heterocycles. The summed E-state index contributed by atoms with van der Waals surface area (Å²) in [7, 11) is 0. The maximum absolute atomic E-state index is 5.87. The van der Waals surface area contributed by atoms with Crippen LogP contribution in [0.4, 0.5) is 0 Å². The fraction of sp³-hybridized carbons (Fsp3) is 1.00. The van der Waals surface area contributed by atoms with E-state index < -0.39 is 5.79 Å².